The van der Waals surface area contributed by atoms with Gasteiger partial charge in [0.05, 0.1) is 18.6 Å². The van der Waals surface area contributed by atoms with Gasteiger partial charge < -0.3 is 18.6 Å². The lowest BCUT2D eigenvalue weighted by molar-refractivity contribution is -0.132. The number of benzene rings is 1. The van der Waals surface area contributed by atoms with Crippen LogP contribution >= 0.6 is 0 Å². The smallest absolute Gasteiger partial charge is 0.383 e. The zero-order chi connectivity index (χ0) is 15.6. The van der Waals surface area contributed by atoms with Gasteiger partial charge in [-0.05, 0) is 26.0 Å². The third-order valence-corrected chi connectivity index (χ3v) is 2.61. The summed E-state index contributed by atoms with van der Waals surface area (Å²) in [6.45, 7) is 4.98. The molecule has 6 nitrogen and oxygen atoms in total. The summed E-state index contributed by atoms with van der Waals surface area (Å²) in [4.78, 5) is 23.0. The first-order valence-electron chi connectivity index (χ1n) is 6.42. The van der Waals surface area contributed by atoms with Crippen molar-refractivity contribution in [2.75, 3.05) is 7.11 Å². The van der Waals surface area contributed by atoms with Crippen LogP contribution in [0.1, 0.15) is 20.8 Å². The van der Waals surface area contributed by atoms with Crippen LogP contribution in [0, 0.1) is 0 Å². The third kappa shape index (κ3) is 3.16. The first-order valence-corrected chi connectivity index (χ1v) is 6.42. The van der Waals surface area contributed by atoms with E-state index >= 15 is 0 Å². The van der Waals surface area contributed by atoms with E-state index in [9.17, 15) is 9.59 Å². The summed E-state index contributed by atoms with van der Waals surface area (Å²) in [6.07, 6.45) is -0.00335. The van der Waals surface area contributed by atoms with E-state index in [1.165, 1.54) is 14.0 Å². The predicted molar refractivity (Wildman–Crippen MR) is 76.1 cm³/mol. The monoisotopic (exact) mass is 292 g/mol. The molecule has 0 unspecified atom stereocenters. The van der Waals surface area contributed by atoms with Gasteiger partial charge in [-0.2, -0.15) is 0 Å². The van der Waals surface area contributed by atoms with E-state index < -0.39 is 11.6 Å². The Morgan fingerprint density at radius 3 is 2.52 bits per heavy atom. The van der Waals surface area contributed by atoms with E-state index in [4.69, 9.17) is 18.6 Å². The van der Waals surface area contributed by atoms with E-state index in [-0.39, 0.29) is 17.6 Å². The molecular weight excluding hydrogens is 276 g/mol. The Balaban J connectivity index is 2.63. The van der Waals surface area contributed by atoms with Gasteiger partial charge in [0.1, 0.15) is 11.3 Å². The second-order valence-corrected chi connectivity index (χ2v) is 4.67. The third-order valence-electron chi connectivity index (χ3n) is 2.61. The van der Waals surface area contributed by atoms with Crippen molar-refractivity contribution in [3.63, 3.8) is 0 Å². The Morgan fingerprint density at radius 2 is 1.95 bits per heavy atom. The number of hydrogen-bond acceptors (Lipinski definition) is 6. The average Bonchev–Trinajstić information content (AvgIpc) is 2.38. The van der Waals surface area contributed by atoms with Crippen LogP contribution in [0.4, 0.5) is 0 Å². The summed E-state index contributed by atoms with van der Waals surface area (Å²) >= 11 is 0. The standard InChI is InChI=1S/C15H16O6/c1-8(2)19-10-5-6-11-12(7-10)21-15(17)14(13(11)18-4)20-9(3)16/h5-8H,1-4H3. The molecule has 21 heavy (non-hydrogen) atoms. The van der Waals surface area contributed by atoms with Crippen LogP contribution in [0.25, 0.3) is 11.0 Å². The molecule has 112 valence electrons. The lowest BCUT2D eigenvalue weighted by atomic mass is 10.2. The predicted octanol–water partition coefficient (Wildman–Crippen LogP) is 2.51. The number of hydrogen-bond donors (Lipinski definition) is 0. The maximum Gasteiger partial charge on any atom is 0.383 e. The highest BCUT2D eigenvalue weighted by molar-refractivity contribution is 5.87. The van der Waals surface area contributed by atoms with Gasteiger partial charge in [-0.3, -0.25) is 4.79 Å². The van der Waals surface area contributed by atoms with Crippen LogP contribution in [0.5, 0.6) is 17.2 Å². The van der Waals surface area contributed by atoms with Crippen molar-refractivity contribution >= 4 is 16.9 Å². The number of carbonyl (C=O) groups excluding carboxylic acids is 1. The maximum absolute atomic E-state index is 11.9. The molecular formula is C15H16O6. The molecule has 1 aromatic carbocycles. The summed E-state index contributed by atoms with van der Waals surface area (Å²) in [5, 5.41) is 0.518. The fourth-order valence-corrected chi connectivity index (χ4v) is 1.92. The van der Waals surface area contributed by atoms with Crippen LogP contribution in [-0.2, 0) is 4.79 Å². The molecule has 0 saturated heterocycles. The molecule has 0 aliphatic rings. The van der Waals surface area contributed by atoms with Gasteiger partial charge in [-0.15, -0.1) is 0 Å². The van der Waals surface area contributed by atoms with Crippen molar-refractivity contribution < 1.29 is 23.4 Å². The Labute approximate surface area is 121 Å². The van der Waals surface area contributed by atoms with Gasteiger partial charge >= 0.3 is 11.6 Å². The molecule has 0 fully saturated rings. The molecule has 2 rings (SSSR count). The van der Waals surface area contributed by atoms with Crippen LogP contribution in [-0.4, -0.2) is 19.2 Å². The molecule has 0 atom stereocenters. The summed E-state index contributed by atoms with van der Waals surface area (Å²) in [6, 6.07) is 5.00. The minimum Gasteiger partial charge on any atom is -0.492 e. The molecule has 0 aliphatic heterocycles. The zero-order valence-corrected chi connectivity index (χ0v) is 12.3. The lowest BCUT2D eigenvalue weighted by Crippen LogP contribution is -2.12. The molecule has 1 heterocycles. The molecule has 6 heteroatoms. The molecule has 0 bridgehead atoms. The number of methoxy groups -OCH3 is 1. The Bertz CT molecular complexity index is 729. The van der Waals surface area contributed by atoms with Gasteiger partial charge in [0.2, 0.25) is 0 Å². The summed E-state index contributed by atoms with van der Waals surface area (Å²) in [5.41, 5.74) is -0.484. The summed E-state index contributed by atoms with van der Waals surface area (Å²) < 4.78 is 20.8. The minimum absolute atomic E-state index is 0.00335. The Hall–Kier alpha value is -2.50. The molecule has 1 aromatic heterocycles. The SMILES string of the molecule is COc1c(OC(C)=O)c(=O)oc2cc(OC(C)C)ccc12. The van der Waals surface area contributed by atoms with E-state index in [0.29, 0.717) is 16.7 Å². The van der Waals surface area contributed by atoms with Crippen LogP contribution < -0.4 is 19.8 Å². The molecule has 0 aliphatic carbocycles. The first-order chi connectivity index (χ1) is 9.92. The van der Waals surface area contributed by atoms with Crippen LogP contribution in [0.2, 0.25) is 0 Å². The fourth-order valence-electron chi connectivity index (χ4n) is 1.92. The van der Waals surface area contributed by atoms with Gasteiger partial charge in [0.25, 0.3) is 5.75 Å². The van der Waals surface area contributed by atoms with Crippen molar-refractivity contribution in [1.29, 1.82) is 0 Å². The number of esters is 1. The number of ether oxygens (including phenoxy) is 3. The second kappa shape index (κ2) is 5.87. The summed E-state index contributed by atoms with van der Waals surface area (Å²) in [7, 11) is 1.39. The lowest BCUT2D eigenvalue weighted by Gasteiger charge is -2.12. The highest BCUT2D eigenvalue weighted by atomic mass is 16.6. The highest BCUT2D eigenvalue weighted by Gasteiger charge is 2.19. The molecule has 0 amide bonds. The quantitative estimate of drug-likeness (QED) is 0.636. The van der Waals surface area contributed by atoms with E-state index in [1.54, 1.807) is 18.2 Å². The van der Waals surface area contributed by atoms with Gasteiger partial charge in [-0.25, -0.2) is 4.79 Å². The molecule has 0 radical (unpaired) electrons. The van der Waals surface area contributed by atoms with Crippen molar-refractivity contribution in [2.45, 2.75) is 26.9 Å². The largest absolute Gasteiger partial charge is 0.492 e. The van der Waals surface area contributed by atoms with Gasteiger partial charge in [0, 0.05) is 13.0 Å². The molecule has 0 N–H and O–H groups in total. The van der Waals surface area contributed by atoms with Crippen LogP contribution in [0.3, 0.4) is 0 Å². The molecule has 2 aromatic rings. The topological polar surface area (TPSA) is 75.0 Å². The zero-order valence-electron chi connectivity index (χ0n) is 12.3. The van der Waals surface area contributed by atoms with Crippen molar-refractivity contribution in [3.8, 4) is 17.2 Å². The normalized spacial score (nSPS) is 10.7. The van der Waals surface area contributed by atoms with Gasteiger partial charge in [0.15, 0.2) is 5.75 Å². The van der Waals surface area contributed by atoms with E-state index in [2.05, 4.69) is 0 Å². The van der Waals surface area contributed by atoms with Gasteiger partial charge in [-0.1, -0.05) is 0 Å². The van der Waals surface area contributed by atoms with Crippen molar-refractivity contribution in [3.05, 3.63) is 28.6 Å². The number of rotatable bonds is 4. The van der Waals surface area contributed by atoms with Crippen molar-refractivity contribution in [1.82, 2.24) is 0 Å². The van der Waals surface area contributed by atoms with E-state index in [1.807, 2.05) is 13.8 Å². The number of fused-ring (bicyclic) bond motifs is 1. The van der Waals surface area contributed by atoms with Crippen LogP contribution in [0.15, 0.2) is 27.4 Å². The van der Waals surface area contributed by atoms with E-state index in [0.717, 1.165) is 0 Å². The highest BCUT2D eigenvalue weighted by Crippen LogP contribution is 2.34. The van der Waals surface area contributed by atoms with Crippen molar-refractivity contribution in [2.24, 2.45) is 0 Å². The fraction of sp³-hybridized carbons (Fsp3) is 0.333. The molecule has 0 saturated carbocycles. The average molecular weight is 292 g/mol. The minimum atomic E-state index is -0.781. The molecule has 0 spiro atoms. The number of carbonyl (C=O) groups is 1. The Morgan fingerprint density at radius 1 is 1.24 bits per heavy atom. The summed E-state index contributed by atoms with van der Waals surface area (Å²) in [5.74, 6) is -0.148. The second-order valence-electron chi connectivity index (χ2n) is 4.67. The Kier molecular flexibility index (Phi) is 4.16. The first kappa shape index (κ1) is 14.9. The maximum atomic E-state index is 11.9.